The number of halogens is 4. The summed E-state index contributed by atoms with van der Waals surface area (Å²) in [6.45, 7) is 3.48. The molecule has 0 aliphatic heterocycles. The van der Waals surface area contributed by atoms with E-state index in [1.807, 2.05) is 19.1 Å². The lowest BCUT2D eigenvalue weighted by molar-refractivity contribution is 0.394. The van der Waals surface area contributed by atoms with Crippen LogP contribution >= 0.6 is 35.6 Å². The highest BCUT2D eigenvalue weighted by molar-refractivity contribution is 6.32. The lowest BCUT2D eigenvalue weighted by Gasteiger charge is -2.13. The summed E-state index contributed by atoms with van der Waals surface area (Å²) in [5.41, 5.74) is 8.10. The maximum Gasteiger partial charge on any atom is 0.223 e. The summed E-state index contributed by atoms with van der Waals surface area (Å²) in [5, 5.41) is 4.57. The third-order valence-electron chi connectivity index (χ3n) is 3.61. The number of nitrogens with two attached hydrogens (primary N) is 1. The highest BCUT2D eigenvalue weighted by atomic mass is 35.5. The van der Waals surface area contributed by atoms with Crippen molar-refractivity contribution in [1.29, 1.82) is 0 Å². The average Bonchev–Trinajstić information content (AvgIpc) is 2.92. The largest absolute Gasteiger partial charge is 0.339 e. The van der Waals surface area contributed by atoms with Crippen LogP contribution in [0.2, 0.25) is 10.0 Å². The van der Waals surface area contributed by atoms with E-state index in [0.717, 1.165) is 5.56 Å². The molecule has 132 valence electrons. The maximum atomic E-state index is 14.5. The fourth-order valence-corrected chi connectivity index (χ4v) is 3.05. The smallest absolute Gasteiger partial charge is 0.223 e. The second-order valence-corrected chi connectivity index (χ2v) is 6.32. The minimum Gasteiger partial charge on any atom is -0.339 e. The molecule has 0 amide bonds. The van der Waals surface area contributed by atoms with Crippen molar-refractivity contribution in [2.45, 2.75) is 19.9 Å². The number of benzene rings is 2. The number of aryl methyl sites for hydroxylation is 1. The molecular weight excluding hydrogens is 388 g/mol. The molecule has 4 nitrogen and oxygen atoms in total. The summed E-state index contributed by atoms with van der Waals surface area (Å²) >= 11 is 12.3. The monoisotopic (exact) mass is 401 g/mol. The Bertz CT molecular complexity index is 912. The Balaban J connectivity index is 0.00000225. The SMILES string of the molecule is Cc1nc(-c2c(F)cc(Cl)cc2-c2ccc(C(C)N)c(Cl)c2)no1.Cl. The molecule has 1 unspecified atom stereocenters. The second-order valence-electron chi connectivity index (χ2n) is 5.47. The predicted molar refractivity (Wildman–Crippen MR) is 99.7 cm³/mol. The van der Waals surface area contributed by atoms with Crippen LogP contribution in [0.1, 0.15) is 24.4 Å². The molecule has 3 rings (SSSR count). The van der Waals surface area contributed by atoms with E-state index in [1.165, 1.54) is 6.07 Å². The predicted octanol–water partition coefficient (Wildman–Crippen LogP) is 5.60. The van der Waals surface area contributed by atoms with Gasteiger partial charge in [-0.1, -0.05) is 40.5 Å². The zero-order chi connectivity index (χ0) is 17.4. The van der Waals surface area contributed by atoms with E-state index < -0.39 is 5.82 Å². The summed E-state index contributed by atoms with van der Waals surface area (Å²) < 4.78 is 19.5. The fraction of sp³-hybridized carbons (Fsp3) is 0.176. The van der Waals surface area contributed by atoms with Gasteiger partial charge in [0.05, 0.1) is 5.56 Å². The van der Waals surface area contributed by atoms with Crippen molar-refractivity contribution in [2.24, 2.45) is 5.73 Å². The Morgan fingerprint density at radius 1 is 1.20 bits per heavy atom. The van der Waals surface area contributed by atoms with E-state index in [-0.39, 0.29) is 34.9 Å². The topological polar surface area (TPSA) is 64.9 Å². The molecule has 2 aromatic carbocycles. The molecule has 25 heavy (non-hydrogen) atoms. The molecule has 0 saturated heterocycles. The third-order valence-corrected chi connectivity index (χ3v) is 4.15. The normalized spacial score (nSPS) is 11.9. The fourth-order valence-electron chi connectivity index (χ4n) is 2.49. The Morgan fingerprint density at radius 2 is 1.92 bits per heavy atom. The summed E-state index contributed by atoms with van der Waals surface area (Å²) in [7, 11) is 0. The van der Waals surface area contributed by atoms with Crippen LogP contribution in [0.3, 0.4) is 0 Å². The molecular formula is C17H15Cl3FN3O. The Morgan fingerprint density at radius 3 is 2.48 bits per heavy atom. The van der Waals surface area contributed by atoms with Crippen LogP contribution in [-0.2, 0) is 0 Å². The first-order valence-electron chi connectivity index (χ1n) is 7.22. The lowest BCUT2D eigenvalue weighted by atomic mass is 9.96. The number of aromatic nitrogens is 2. The number of hydrogen-bond donors (Lipinski definition) is 1. The summed E-state index contributed by atoms with van der Waals surface area (Å²) in [4.78, 5) is 4.11. The van der Waals surface area contributed by atoms with Gasteiger partial charge in [-0.15, -0.1) is 12.4 Å². The molecule has 0 fully saturated rings. The molecule has 0 aliphatic carbocycles. The van der Waals surface area contributed by atoms with Crippen LogP contribution in [0.5, 0.6) is 0 Å². The number of rotatable bonds is 3. The summed E-state index contributed by atoms with van der Waals surface area (Å²) in [6.07, 6.45) is 0. The van der Waals surface area contributed by atoms with E-state index in [2.05, 4.69) is 10.1 Å². The molecule has 8 heteroatoms. The highest BCUT2D eigenvalue weighted by Crippen LogP contribution is 2.37. The van der Waals surface area contributed by atoms with Crippen LogP contribution in [0.4, 0.5) is 4.39 Å². The molecule has 0 radical (unpaired) electrons. The molecule has 1 heterocycles. The van der Waals surface area contributed by atoms with Crippen molar-refractivity contribution in [1.82, 2.24) is 10.1 Å². The Labute approximate surface area is 160 Å². The van der Waals surface area contributed by atoms with Crippen LogP contribution in [0.25, 0.3) is 22.5 Å². The van der Waals surface area contributed by atoms with E-state index >= 15 is 0 Å². The minimum absolute atomic E-state index is 0. The van der Waals surface area contributed by atoms with E-state index in [4.69, 9.17) is 33.5 Å². The summed E-state index contributed by atoms with van der Waals surface area (Å²) in [5.74, 6) is -0.0367. The quantitative estimate of drug-likeness (QED) is 0.619. The van der Waals surface area contributed by atoms with Gasteiger partial charge < -0.3 is 10.3 Å². The second kappa shape index (κ2) is 7.70. The van der Waals surface area contributed by atoms with Crippen LogP contribution in [-0.4, -0.2) is 10.1 Å². The molecule has 2 N–H and O–H groups in total. The first-order valence-corrected chi connectivity index (χ1v) is 7.97. The molecule has 0 saturated carbocycles. The molecule has 1 aromatic heterocycles. The molecule has 0 aliphatic rings. The van der Waals surface area contributed by atoms with Gasteiger partial charge in [-0.3, -0.25) is 0 Å². The van der Waals surface area contributed by atoms with Crippen molar-refractivity contribution in [2.75, 3.05) is 0 Å². The standard InChI is InChI=1S/C17H14Cl2FN3O.ClH/c1-8(21)12-4-3-10(5-14(12)19)13-6-11(18)7-15(20)16(13)17-22-9(2)24-23-17;/h3-8H,21H2,1-2H3;1H. The van der Waals surface area contributed by atoms with Crippen molar-refractivity contribution in [3.05, 3.63) is 57.6 Å². The third kappa shape index (κ3) is 3.96. The first-order chi connectivity index (χ1) is 11.4. The molecule has 0 spiro atoms. The summed E-state index contributed by atoms with van der Waals surface area (Å²) in [6, 6.07) is 8.00. The van der Waals surface area contributed by atoms with Crippen molar-refractivity contribution < 1.29 is 8.91 Å². The molecule has 3 aromatic rings. The Kier molecular flexibility index (Phi) is 6.06. The van der Waals surface area contributed by atoms with Crippen molar-refractivity contribution in [3.63, 3.8) is 0 Å². The highest BCUT2D eigenvalue weighted by Gasteiger charge is 2.19. The van der Waals surface area contributed by atoms with Gasteiger partial charge in [-0.25, -0.2) is 4.39 Å². The molecule has 0 bridgehead atoms. The van der Waals surface area contributed by atoms with Gasteiger partial charge in [-0.2, -0.15) is 4.98 Å². The maximum absolute atomic E-state index is 14.5. The van der Waals surface area contributed by atoms with Gasteiger partial charge in [0.15, 0.2) is 0 Å². The van der Waals surface area contributed by atoms with Crippen LogP contribution in [0, 0.1) is 12.7 Å². The zero-order valence-electron chi connectivity index (χ0n) is 13.4. The van der Waals surface area contributed by atoms with Crippen LogP contribution < -0.4 is 5.73 Å². The van der Waals surface area contributed by atoms with Gasteiger partial charge >= 0.3 is 0 Å². The first kappa shape index (κ1) is 19.7. The minimum atomic E-state index is -0.536. The van der Waals surface area contributed by atoms with Crippen molar-refractivity contribution >= 4 is 35.6 Å². The molecule has 1 atom stereocenters. The zero-order valence-corrected chi connectivity index (χ0v) is 15.7. The lowest BCUT2D eigenvalue weighted by Crippen LogP contribution is -2.05. The van der Waals surface area contributed by atoms with E-state index in [9.17, 15) is 4.39 Å². The van der Waals surface area contributed by atoms with Gasteiger partial charge in [0.2, 0.25) is 11.7 Å². The van der Waals surface area contributed by atoms with Gasteiger partial charge in [-0.05, 0) is 41.8 Å². The number of hydrogen-bond acceptors (Lipinski definition) is 4. The van der Waals surface area contributed by atoms with Crippen LogP contribution in [0.15, 0.2) is 34.9 Å². The van der Waals surface area contributed by atoms with E-state index in [0.29, 0.717) is 22.0 Å². The number of nitrogens with zero attached hydrogens (tertiary/aromatic N) is 2. The van der Waals surface area contributed by atoms with Gasteiger partial charge in [0, 0.05) is 23.0 Å². The van der Waals surface area contributed by atoms with Crippen molar-refractivity contribution in [3.8, 4) is 22.5 Å². The van der Waals surface area contributed by atoms with Gasteiger partial charge in [0.1, 0.15) is 5.82 Å². The van der Waals surface area contributed by atoms with Gasteiger partial charge in [0.25, 0.3) is 0 Å². The van der Waals surface area contributed by atoms with E-state index in [1.54, 1.807) is 19.1 Å². The average molecular weight is 403 g/mol. The Hall–Kier alpha value is -1.66.